The van der Waals surface area contributed by atoms with Crippen molar-refractivity contribution in [2.24, 2.45) is 0 Å². The summed E-state index contributed by atoms with van der Waals surface area (Å²) >= 11 is 0. The minimum Gasteiger partial charge on any atom is -0.310 e. The van der Waals surface area contributed by atoms with Gasteiger partial charge < -0.3 is 4.90 Å². The summed E-state index contributed by atoms with van der Waals surface area (Å²) in [6.07, 6.45) is 0. The molecule has 1 aliphatic carbocycles. The third kappa shape index (κ3) is 7.25. The lowest BCUT2D eigenvalue weighted by Crippen LogP contribution is -2.28. The maximum atomic E-state index is 2.47. The van der Waals surface area contributed by atoms with Crippen LogP contribution in [-0.2, 0) is 5.41 Å². The largest absolute Gasteiger partial charge is 0.310 e. The lowest BCUT2D eigenvalue weighted by Gasteiger charge is -2.35. The van der Waals surface area contributed by atoms with Gasteiger partial charge in [0.15, 0.2) is 0 Å². The zero-order valence-electron chi connectivity index (χ0n) is 39.7. The summed E-state index contributed by atoms with van der Waals surface area (Å²) in [6, 6.07) is 109. The van der Waals surface area contributed by atoms with E-state index in [1.807, 2.05) is 0 Å². The molecule has 12 aromatic carbocycles. The van der Waals surface area contributed by atoms with E-state index in [9.17, 15) is 0 Å². The van der Waals surface area contributed by atoms with Crippen LogP contribution in [0.5, 0.6) is 0 Å². The van der Waals surface area contributed by atoms with E-state index in [1.165, 1.54) is 94.2 Å². The SMILES string of the molecule is c1ccc(-c2ccccc2-c2c(-c3ccccc3)cccc2-c2cccc(N(c3ccc(-c4cccc5ccccc45)cc3)c3ccc4c(c3)C(c3ccccc3)(c3ccccc3)c3ccccc3-4)c2)cc1. The first-order chi connectivity index (χ1) is 35.7. The second-order valence-electron chi connectivity index (χ2n) is 18.7. The number of hydrogen-bond donors (Lipinski definition) is 0. The van der Waals surface area contributed by atoms with Crippen LogP contribution in [0.2, 0.25) is 0 Å². The predicted octanol–water partition coefficient (Wildman–Crippen LogP) is 19.0. The van der Waals surface area contributed by atoms with Gasteiger partial charge in [0.25, 0.3) is 0 Å². The highest BCUT2D eigenvalue weighted by atomic mass is 15.1. The number of rotatable bonds is 10. The standard InChI is InChI=1S/C71H49N/c1-5-22-50(23-6-1)62-35-15-16-37-67(62)70-63(52-24-7-2-8-25-52)39-21-40-64(70)54-28-19-33-58(48-54)72(57-44-42-53(43-45-57)61-38-20-27-51-26-13-14-34-60(51)61)59-46-47-66-65-36-17-18-41-68(65)71(69(66)49-59,55-29-9-3-10-30-55)56-31-11-4-12-32-56/h1-49H. The topological polar surface area (TPSA) is 3.24 Å². The zero-order valence-corrected chi connectivity index (χ0v) is 39.7. The van der Waals surface area contributed by atoms with Crippen molar-refractivity contribution in [3.8, 4) is 66.8 Å². The van der Waals surface area contributed by atoms with Gasteiger partial charge in [-0.2, -0.15) is 0 Å². The van der Waals surface area contributed by atoms with E-state index >= 15 is 0 Å². The number of fused-ring (bicyclic) bond motifs is 4. The van der Waals surface area contributed by atoms with Crippen molar-refractivity contribution in [2.75, 3.05) is 4.90 Å². The van der Waals surface area contributed by atoms with Crippen LogP contribution >= 0.6 is 0 Å². The summed E-state index contributed by atoms with van der Waals surface area (Å²) in [5, 5.41) is 2.48. The van der Waals surface area contributed by atoms with Gasteiger partial charge in [-0.25, -0.2) is 0 Å². The summed E-state index contributed by atoms with van der Waals surface area (Å²) < 4.78 is 0. The van der Waals surface area contributed by atoms with Gasteiger partial charge in [-0.05, 0) is 136 Å². The van der Waals surface area contributed by atoms with E-state index in [2.05, 4.69) is 302 Å². The summed E-state index contributed by atoms with van der Waals surface area (Å²) in [4.78, 5) is 2.46. The van der Waals surface area contributed by atoms with Gasteiger partial charge in [0.2, 0.25) is 0 Å². The fourth-order valence-corrected chi connectivity index (χ4v) is 11.6. The molecule has 12 aromatic rings. The highest BCUT2D eigenvalue weighted by Crippen LogP contribution is 2.57. The molecule has 0 bridgehead atoms. The third-order valence-corrected chi connectivity index (χ3v) is 14.8. The summed E-state index contributed by atoms with van der Waals surface area (Å²) in [7, 11) is 0. The van der Waals surface area contributed by atoms with Crippen LogP contribution in [0.3, 0.4) is 0 Å². The highest BCUT2D eigenvalue weighted by molar-refractivity contribution is 6.01. The highest BCUT2D eigenvalue weighted by Gasteiger charge is 2.46. The Hall–Kier alpha value is -9.30. The number of hydrogen-bond acceptors (Lipinski definition) is 1. The molecule has 72 heavy (non-hydrogen) atoms. The fourth-order valence-electron chi connectivity index (χ4n) is 11.6. The fraction of sp³-hybridized carbons (Fsp3) is 0.0141. The second-order valence-corrected chi connectivity index (χ2v) is 18.7. The van der Waals surface area contributed by atoms with Crippen LogP contribution in [0.15, 0.2) is 297 Å². The van der Waals surface area contributed by atoms with Crippen LogP contribution in [0.4, 0.5) is 17.1 Å². The molecule has 0 saturated heterocycles. The minimum absolute atomic E-state index is 0.547. The number of benzene rings is 12. The Morgan fingerprint density at radius 1 is 0.236 bits per heavy atom. The molecule has 0 saturated carbocycles. The van der Waals surface area contributed by atoms with Gasteiger partial charge in [-0.3, -0.25) is 0 Å². The Morgan fingerprint density at radius 3 is 1.39 bits per heavy atom. The molecule has 1 heteroatoms. The van der Waals surface area contributed by atoms with Crippen molar-refractivity contribution < 1.29 is 0 Å². The first-order valence-corrected chi connectivity index (χ1v) is 24.9. The Morgan fingerprint density at radius 2 is 0.681 bits per heavy atom. The van der Waals surface area contributed by atoms with E-state index in [-0.39, 0.29) is 0 Å². The molecule has 0 heterocycles. The lowest BCUT2D eigenvalue weighted by atomic mass is 9.67. The molecule has 0 unspecified atom stereocenters. The normalized spacial score (nSPS) is 12.3. The molecule has 0 radical (unpaired) electrons. The van der Waals surface area contributed by atoms with Crippen LogP contribution in [0.25, 0.3) is 77.5 Å². The molecule has 338 valence electrons. The monoisotopic (exact) mass is 915 g/mol. The molecular formula is C71H49N. The first-order valence-electron chi connectivity index (χ1n) is 24.9. The average Bonchev–Trinajstić information content (AvgIpc) is 3.76. The lowest BCUT2D eigenvalue weighted by molar-refractivity contribution is 0.768. The maximum Gasteiger partial charge on any atom is 0.0714 e. The van der Waals surface area contributed by atoms with Crippen LogP contribution in [0.1, 0.15) is 22.3 Å². The zero-order chi connectivity index (χ0) is 47.8. The van der Waals surface area contributed by atoms with E-state index < -0.39 is 5.41 Å². The van der Waals surface area contributed by atoms with Crippen molar-refractivity contribution in [2.45, 2.75) is 5.41 Å². The van der Waals surface area contributed by atoms with Gasteiger partial charge in [-0.15, -0.1) is 0 Å². The number of anilines is 3. The average molecular weight is 916 g/mol. The Bertz CT molecular complexity index is 3850. The summed E-state index contributed by atoms with van der Waals surface area (Å²) in [5.74, 6) is 0. The van der Waals surface area contributed by atoms with Gasteiger partial charge in [0.1, 0.15) is 0 Å². The van der Waals surface area contributed by atoms with Gasteiger partial charge in [0, 0.05) is 17.1 Å². The molecule has 1 nitrogen and oxygen atoms in total. The Labute approximate surface area is 422 Å². The van der Waals surface area contributed by atoms with Crippen molar-refractivity contribution in [3.05, 3.63) is 320 Å². The first kappa shape index (κ1) is 42.8. The molecule has 0 N–H and O–H groups in total. The molecule has 13 rings (SSSR count). The van der Waals surface area contributed by atoms with E-state index in [0.29, 0.717) is 0 Å². The van der Waals surface area contributed by atoms with E-state index in [1.54, 1.807) is 0 Å². The molecule has 0 atom stereocenters. The minimum atomic E-state index is -0.547. The summed E-state index contributed by atoms with van der Waals surface area (Å²) in [6.45, 7) is 0. The smallest absolute Gasteiger partial charge is 0.0714 e. The van der Waals surface area contributed by atoms with Gasteiger partial charge in [0.05, 0.1) is 5.41 Å². The molecule has 1 aliphatic rings. The van der Waals surface area contributed by atoms with E-state index in [4.69, 9.17) is 0 Å². The van der Waals surface area contributed by atoms with Crippen LogP contribution in [-0.4, -0.2) is 0 Å². The van der Waals surface area contributed by atoms with Crippen LogP contribution < -0.4 is 4.90 Å². The quantitative estimate of drug-likeness (QED) is 0.132. The van der Waals surface area contributed by atoms with Crippen molar-refractivity contribution in [1.29, 1.82) is 0 Å². The van der Waals surface area contributed by atoms with Crippen molar-refractivity contribution in [3.63, 3.8) is 0 Å². The molecule has 0 aliphatic heterocycles. The molecule has 0 spiro atoms. The third-order valence-electron chi connectivity index (χ3n) is 14.8. The van der Waals surface area contributed by atoms with Crippen molar-refractivity contribution >= 4 is 27.8 Å². The molecular weight excluding hydrogens is 867 g/mol. The molecule has 0 aromatic heterocycles. The van der Waals surface area contributed by atoms with Gasteiger partial charge >= 0.3 is 0 Å². The molecule has 0 fully saturated rings. The number of nitrogens with zero attached hydrogens (tertiary/aromatic N) is 1. The summed E-state index contributed by atoms with van der Waals surface area (Å²) in [5.41, 5.74) is 22.1. The Balaban J connectivity index is 1.04. The Kier molecular flexibility index (Phi) is 10.8. The second kappa shape index (κ2) is 18.2. The van der Waals surface area contributed by atoms with Crippen molar-refractivity contribution in [1.82, 2.24) is 0 Å². The molecule has 0 amide bonds. The maximum absolute atomic E-state index is 2.47. The van der Waals surface area contributed by atoms with E-state index in [0.717, 1.165) is 22.6 Å². The van der Waals surface area contributed by atoms with Crippen LogP contribution in [0, 0.1) is 0 Å². The van der Waals surface area contributed by atoms with Gasteiger partial charge in [-0.1, -0.05) is 261 Å². The predicted molar refractivity (Wildman–Crippen MR) is 303 cm³/mol.